The fourth-order valence-corrected chi connectivity index (χ4v) is 4.31. The summed E-state index contributed by atoms with van der Waals surface area (Å²) in [5.74, 6) is 0.862. The summed E-state index contributed by atoms with van der Waals surface area (Å²) in [6.07, 6.45) is 3.19. The molecule has 0 N–H and O–H groups in total. The van der Waals surface area contributed by atoms with E-state index in [-0.39, 0.29) is 12.1 Å². The van der Waals surface area contributed by atoms with Crippen LogP contribution in [0.3, 0.4) is 0 Å². The molecule has 126 valence electrons. The van der Waals surface area contributed by atoms with Gasteiger partial charge in [-0.25, -0.2) is 4.98 Å². The smallest absolute Gasteiger partial charge is 0.273 e. The number of thiazole rings is 1. The zero-order valence-electron chi connectivity index (χ0n) is 12.8. The molecule has 0 saturated heterocycles. The third kappa shape index (κ3) is 2.88. The van der Waals surface area contributed by atoms with Gasteiger partial charge in [0.15, 0.2) is 9.60 Å². The van der Waals surface area contributed by atoms with E-state index in [0.717, 1.165) is 4.88 Å². The van der Waals surface area contributed by atoms with Crippen molar-refractivity contribution in [2.45, 2.75) is 13.1 Å². The summed E-state index contributed by atoms with van der Waals surface area (Å²) >= 11 is 8.07. The first-order chi connectivity index (χ1) is 12.2. The quantitative estimate of drug-likeness (QED) is 0.385. The highest BCUT2D eigenvalue weighted by atomic mass is 32.1. The van der Waals surface area contributed by atoms with E-state index >= 15 is 0 Å². The van der Waals surface area contributed by atoms with Gasteiger partial charge in [0, 0.05) is 6.54 Å². The van der Waals surface area contributed by atoms with Gasteiger partial charge in [-0.2, -0.15) is 4.98 Å². The molecule has 0 atom stereocenters. The first kappa shape index (κ1) is 16.1. The molecule has 0 spiro atoms. The van der Waals surface area contributed by atoms with Gasteiger partial charge in [-0.05, 0) is 23.7 Å². The predicted molar refractivity (Wildman–Crippen MR) is 99.6 cm³/mol. The number of allylic oxidation sites excluding steroid dienone is 1. The predicted octanol–water partition coefficient (Wildman–Crippen LogP) is 3.33. The molecule has 10 heteroatoms. The second-order valence-electron chi connectivity index (χ2n) is 5.09. The van der Waals surface area contributed by atoms with E-state index < -0.39 is 0 Å². The lowest BCUT2D eigenvalue weighted by atomic mass is 10.4. The molecule has 0 aromatic carbocycles. The highest BCUT2D eigenvalue weighted by molar-refractivity contribution is 7.73. The third-order valence-corrected chi connectivity index (χ3v) is 5.76. The van der Waals surface area contributed by atoms with Crippen molar-refractivity contribution in [2.24, 2.45) is 0 Å². The van der Waals surface area contributed by atoms with Gasteiger partial charge in [-0.1, -0.05) is 28.6 Å². The van der Waals surface area contributed by atoms with E-state index in [9.17, 15) is 4.79 Å². The van der Waals surface area contributed by atoms with Crippen molar-refractivity contribution in [3.8, 4) is 10.7 Å². The lowest BCUT2D eigenvalue weighted by molar-refractivity contribution is 0.370. The first-order valence-corrected chi connectivity index (χ1v) is 9.34. The molecule has 0 fully saturated rings. The molecule has 4 aromatic rings. The molecule has 0 radical (unpaired) electrons. The molecule has 0 bridgehead atoms. The molecule has 0 aliphatic rings. The SMILES string of the molecule is C=CCn1c(=S)sc2c(=O)n(Cc3nc(-c4cccs4)no3)cnc21. The minimum Gasteiger partial charge on any atom is -0.337 e. The molecule has 0 aliphatic carbocycles. The van der Waals surface area contributed by atoms with E-state index in [1.165, 1.54) is 33.6 Å². The normalized spacial score (nSPS) is 11.2. The Labute approximate surface area is 154 Å². The van der Waals surface area contributed by atoms with Gasteiger partial charge in [0.25, 0.3) is 5.56 Å². The molecule has 4 rings (SSSR count). The van der Waals surface area contributed by atoms with E-state index in [1.807, 2.05) is 17.5 Å². The van der Waals surface area contributed by atoms with Crippen LogP contribution in [0.5, 0.6) is 0 Å². The van der Waals surface area contributed by atoms with Crippen molar-refractivity contribution in [1.29, 1.82) is 0 Å². The van der Waals surface area contributed by atoms with Crippen LogP contribution in [-0.4, -0.2) is 24.3 Å². The minimum absolute atomic E-state index is 0.159. The number of fused-ring (bicyclic) bond motifs is 1. The fourth-order valence-electron chi connectivity index (χ4n) is 2.35. The Hall–Kier alpha value is -2.43. The number of rotatable bonds is 5. The summed E-state index contributed by atoms with van der Waals surface area (Å²) in [7, 11) is 0. The molecule has 0 saturated carbocycles. The standard InChI is InChI=1S/C15H11N5O2S3/c1-2-5-20-13-11(25-15(20)23)14(21)19(8-16-13)7-10-17-12(18-22-10)9-4-3-6-24-9/h2-4,6,8H,1,5,7H2. The van der Waals surface area contributed by atoms with Gasteiger partial charge in [-0.15, -0.1) is 17.9 Å². The van der Waals surface area contributed by atoms with Gasteiger partial charge in [-0.3, -0.25) is 9.36 Å². The molecule has 0 amide bonds. The maximum atomic E-state index is 12.7. The zero-order valence-corrected chi connectivity index (χ0v) is 15.2. The molecule has 25 heavy (non-hydrogen) atoms. The summed E-state index contributed by atoms with van der Waals surface area (Å²) in [6, 6.07) is 3.83. The lowest BCUT2D eigenvalue weighted by Gasteiger charge is -2.02. The first-order valence-electron chi connectivity index (χ1n) is 7.23. The Morgan fingerprint density at radius 2 is 2.32 bits per heavy atom. The van der Waals surface area contributed by atoms with Gasteiger partial charge < -0.3 is 9.09 Å². The molecule has 7 nitrogen and oxygen atoms in total. The maximum Gasteiger partial charge on any atom is 0.273 e. The van der Waals surface area contributed by atoms with Crippen LogP contribution in [0.2, 0.25) is 0 Å². The van der Waals surface area contributed by atoms with Crippen molar-refractivity contribution >= 4 is 45.2 Å². The highest BCUT2D eigenvalue weighted by Crippen LogP contribution is 2.21. The summed E-state index contributed by atoms with van der Waals surface area (Å²) in [5.41, 5.74) is 0.390. The molecule has 4 heterocycles. The average molecular weight is 389 g/mol. The van der Waals surface area contributed by atoms with Gasteiger partial charge >= 0.3 is 0 Å². The molecule has 0 unspecified atom stereocenters. The summed E-state index contributed by atoms with van der Waals surface area (Å²) in [6.45, 7) is 4.38. The lowest BCUT2D eigenvalue weighted by Crippen LogP contribution is -2.21. The Bertz CT molecular complexity index is 1170. The van der Waals surface area contributed by atoms with Crippen LogP contribution in [0.25, 0.3) is 21.0 Å². The average Bonchev–Trinajstić information content (AvgIpc) is 3.32. The van der Waals surface area contributed by atoms with Crippen LogP contribution < -0.4 is 5.56 Å². The maximum absolute atomic E-state index is 12.7. The van der Waals surface area contributed by atoms with Crippen molar-refractivity contribution in [3.05, 3.63) is 56.7 Å². The Morgan fingerprint density at radius 3 is 3.08 bits per heavy atom. The molecule has 0 aliphatic heterocycles. The van der Waals surface area contributed by atoms with Gasteiger partial charge in [0.1, 0.15) is 17.6 Å². The van der Waals surface area contributed by atoms with Crippen LogP contribution in [0, 0.1) is 3.95 Å². The zero-order chi connectivity index (χ0) is 17.4. The number of hydrogen-bond acceptors (Lipinski definition) is 8. The second kappa shape index (κ2) is 6.47. The number of aromatic nitrogens is 5. The van der Waals surface area contributed by atoms with Crippen molar-refractivity contribution in [3.63, 3.8) is 0 Å². The van der Waals surface area contributed by atoms with Crippen molar-refractivity contribution in [2.75, 3.05) is 0 Å². The topological polar surface area (TPSA) is 78.7 Å². The van der Waals surface area contributed by atoms with Gasteiger partial charge in [0.05, 0.1) is 4.88 Å². The molecular weight excluding hydrogens is 378 g/mol. The summed E-state index contributed by atoms with van der Waals surface area (Å²) in [5, 5.41) is 5.89. The van der Waals surface area contributed by atoms with E-state index in [4.69, 9.17) is 16.7 Å². The Morgan fingerprint density at radius 1 is 1.44 bits per heavy atom. The molecular formula is C15H11N5O2S3. The largest absolute Gasteiger partial charge is 0.337 e. The van der Waals surface area contributed by atoms with Crippen LogP contribution >= 0.6 is 34.9 Å². The highest BCUT2D eigenvalue weighted by Gasteiger charge is 2.14. The number of hydrogen-bond donors (Lipinski definition) is 0. The van der Waals surface area contributed by atoms with Crippen LogP contribution in [0.4, 0.5) is 0 Å². The third-order valence-electron chi connectivity index (χ3n) is 3.47. The van der Waals surface area contributed by atoms with Crippen molar-refractivity contribution < 1.29 is 4.52 Å². The van der Waals surface area contributed by atoms with Crippen LogP contribution in [0.1, 0.15) is 5.89 Å². The second-order valence-corrected chi connectivity index (χ2v) is 7.68. The van der Waals surface area contributed by atoms with Crippen molar-refractivity contribution in [1.82, 2.24) is 24.3 Å². The Balaban J connectivity index is 1.71. The number of thiophene rings is 1. The van der Waals surface area contributed by atoms with Crippen LogP contribution in [-0.2, 0) is 13.1 Å². The van der Waals surface area contributed by atoms with E-state index in [0.29, 0.717) is 32.6 Å². The van der Waals surface area contributed by atoms with Crippen LogP contribution in [0.15, 0.2) is 45.8 Å². The summed E-state index contributed by atoms with van der Waals surface area (Å²) in [4.78, 5) is 22.3. The van der Waals surface area contributed by atoms with Gasteiger partial charge in [0.2, 0.25) is 11.7 Å². The summed E-state index contributed by atoms with van der Waals surface area (Å²) < 4.78 is 9.58. The monoisotopic (exact) mass is 389 g/mol. The van der Waals surface area contributed by atoms with E-state index in [2.05, 4.69) is 21.7 Å². The molecule has 4 aromatic heterocycles. The van der Waals surface area contributed by atoms with E-state index in [1.54, 1.807) is 10.6 Å². The minimum atomic E-state index is -0.181. The number of nitrogens with zero attached hydrogens (tertiary/aromatic N) is 5. The Kier molecular flexibility index (Phi) is 4.15. The fraction of sp³-hybridized carbons (Fsp3) is 0.133.